The van der Waals surface area contributed by atoms with E-state index in [0.717, 1.165) is 6.92 Å². The third kappa shape index (κ3) is 3.52. The van der Waals surface area contributed by atoms with Crippen LogP contribution in [0, 0.1) is 5.41 Å². The van der Waals surface area contributed by atoms with Crippen LogP contribution in [0.2, 0.25) is 0 Å². The fourth-order valence-electron chi connectivity index (χ4n) is 1.05. The second-order valence-corrected chi connectivity index (χ2v) is 2.95. The molecule has 0 aliphatic heterocycles. The number of hydrogen-bond acceptors (Lipinski definition) is 5. The van der Waals surface area contributed by atoms with Gasteiger partial charge in [-0.3, -0.25) is 9.59 Å². The van der Waals surface area contributed by atoms with Crippen LogP contribution in [0.15, 0.2) is 0 Å². The van der Waals surface area contributed by atoms with E-state index in [1.54, 1.807) is 0 Å². The molecule has 0 aromatic carbocycles. The average Bonchev–Trinajstić information content (AvgIpc) is 2.13. The van der Waals surface area contributed by atoms with Crippen molar-refractivity contribution >= 4 is 23.6 Å². The van der Waals surface area contributed by atoms with E-state index >= 15 is 0 Å². The van der Waals surface area contributed by atoms with Gasteiger partial charge < -0.3 is 20.8 Å². The van der Waals surface area contributed by atoms with Gasteiger partial charge in [0.1, 0.15) is 0 Å². The van der Waals surface area contributed by atoms with Gasteiger partial charge in [0.25, 0.3) is 11.3 Å². The minimum Gasteiger partial charge on any atom is -0.480 e. The minimum atomic E-state index is -3.09. The van der Waals surface area contributed by atoms with Crippen LogP contribution in [0.3, 0.4) is 0 Å². The highest BCUT2D eigenvalue weighted by molar-refractivity contribution is 6.34. The van der Waals surface area contributed by atoms with Crippen LogP contribution in [0.1, 0.15) is 21.8 Å². The zero-order chi connectivity index (χ0) is 12.9. The maximum atomic E-state index is 11.4. The molecular formula is C10H20N2O6. The molecule has 0 fully saturated rings. The summed E-state index contributed by atoms with van der Waals surface area (Å²) in [5.74, 6) is -6.67. The molecule has 0 spiro atoms. The molecule has 0 rings (SSSR count). The van der Waals surface area contributed by atoms with Crippen molar-refractivity contribution in [1.82, 2.24) is 10.6 Å². The van der Waals surface area contributed by atoms with E-state index < -0.39 is 29.0 Å². The van der Waals surface area contributed by atoms with E-state index in [0.29, 0.717) is 0 Å². The van der Waals surface area contributed by atoms with Gasteiger partial charge in [-0.25, -0.2) is 9.59 Å². The Hall–Kier alpha value is -1.96. The molecule has 0 bridgehead atoms. The SMILES string of the molecule is C.C.CNCNC(=O)C(C(C)=O)(C(=O)O)C(=O)O. The zero-order valence-corrected chi connectivity index (χ0v) is 8.73. The van der Waals surface area contributed by atoms with Crippen LogP contribution >= 0.6 is 0 Å². The molecule has 0 unspecified atom stereocenters. The summed E-state index contributed by atoms with van der Waals surface area (Å²) >= 11 is 0. The fourth-order valence-corrected chi connectivity index (χ4v) is 1.05. The second-order valence-electron chi connectivity index (χ2n) is 2.95. The lowest BCUT2D eigenvalue weighted by molar-refractivity contribution is -0.171. The van der Waals surface area contributed by atoms with Crippen LogP contribution in [0.25, 0.3) is 0 Å². The van der Waals surface area contributed by atoms with Crippen molar-refractivity contribution in [3.05, 3.63) is 0 Å². The largest absolute Gasteiger partial charge is 0.480 e. The van der Waals surface area contributed by atoms with Gasteiger partial charge in [-0.2, -0.15) is 0 Å². The maximum absolute atomic E-state index is 11.4. The summed E-state index contributed by atoms with van der Waals surface area (Å²) in [5, 5.41) is 21.9. The molecule has 0 saturated heterocycles. The van der Waals surface area contributed by atoms with Gasteiger partial charge in [0, 0.05) is 0 Å². The quantitative estimate of drug-likeness (QED) is 0.368. The molecule has 0 radical (unpaired) electrons. The fraction of sp³-hybridized carbons (Fsp3) is 0.600. The number of ketones is 1. The van der Waals surface area contributed by atoms with Crippen LogP contribution in [0.4, 0.5) is 0 Å². The number of nitrogens with one attached hydrogen (secondary N) is 2. The van der Waals surface area contributed by atoms with Crippen LogP contribution in [0.5, 0.6) is 0 Å². The van der Waals surface area contributed by atoms with Crippen molar-refractivity contribution < 1.29 is 29.4 Å². The highest BCUT2D eigenvalue weighted by Gasteiger charge is 2.58. The molecule has 106 valence electrons. The van der Waals surface area contributed by atoms with Gasteiger partial charge in [-0.15, -0.1) is 0 Å². The molecule has 4 N–H and O–H groups in total. The predicted molar refractivity (Wildman–Crippen MR) is 63.9 cm³/mol. The normalized spacial score (nSPS) is 9.44. The zero-order valence-electron chi connectivity index (χ0n) is 8.73. The Balaban J connectivity index is -0.00000112. The minimum absolute atomic E-state index is 0. The number of carbonyl (C=O) groups is 4. The number of hydrogen-bond donors (Lipinski definition) is 4. The van der Waals surface area contributed by atoms with Crippen molar-refractivity contribution in [3.8, 4) is 0 Å². The van der Waals surface area contributed by atoms with Crippen molar-refractivity contribution in [2.45, 2.75) is 21.8 Å². The number of aliphatic carboxylic acids is 2. The van der Waals surface area contributed by atoms with Crippen LogP contribution < -0.4 is 10.6 Å². The third-order valence-electron chi connectivity index (χ3n) is 1.94. The summed E-state index contributed by atoms with van der Waals surface area (Å²) in [6.07, 6.45) is 0. The molecule has 0 aromatic rings. The van der Waals surface area contributed by atoms with Crippen molar-refractivity contribution in [2.75, 3.05) is 13.7 Å². The number of amides is 1. The Bertz CT molecular complexity index is 303. The molecule has 8 nitrogen and oxygen atoms in total. The third-order valence-corrected chi connectivity index (χ3v) is 1.94. The summed E-state index contributed by atoms with van der Waals surface area (Å²) in [6, 6.07) is 0. The first-order valence-electron chi connectivity index (χ1n) is 4.22. The first kappa shape index (κ1) is 21.3. The Morgan fingerprint density at radius 2 is 1.44 bits per heavy atom. The first-order valence-corrected chi connectivity index (χ1v) is 4.22. The number of carboxylic acids is 2. The Morgan fingerprint density at radius 3 is 1.67 bits per heavy atom. The molecular weight excluding hydrogens is 244 g/mol. The standard InChI is InChI=1S/C8H12N2O6.2CH4/c1-4(11)8(6(13)14,7(15)16)5(12)10-3-9-2;;/h9H,3H2,1-2H3,(H,10,12)(H,13,14)(H,15,16);2*1H4. The van der Waals surface area contributed by atoms with Crippen LogP contribution in [-0.2, 0) is 19.2 Å². The highest BCUT2D eigenvalue weighted by atomic mass is 16.4. The van der Waals surface area contributed by atoms with E-state index in [-0.39, 0.29) is 21.5 Å². The second kappa shape index (κ2) is 8.18. The molecule has 1 amide bonds. The van der Waals surface area contributed by atoms with Crippen molar-refractivity contribution in [3.63, 3.8) is 0 Å². The van der Waals surface area contributed by atoms with Gasteiger partial charge >= 0.3 is 11.9 Å². The predicted octanol–water partition coefficient (Wildman–Crippen LogP) is -0.704. The maximum Gasteiger partial charge on any atom is 0.338 e. The smallest absolute Gasteiger partial charge is 0.338 e. The Kier molecular flexibility index (Phi) is 9.69. The van der Waals surface area contributed by atoms with Gasteiger partial charge in [-0.1, -0.05) is 14.9 Å². The lowest BCUT2D eigenvalue weighted by Crippen LogP contribution is -2.57. The van der Waals surface area contributed by atoms with E-state index in [4.69, 9.17) is 10.2 Å². The summed E-state index contributed by atoms with van der Waals surface area (Å²) in [7, 11) is 1.46. The lowest BCUT2D eigenvalue weighted by atomic mass is 9.83. The van der Waals surface area contributed by atoms with Crippen LogP contribution in [-0.4, -0.2) is 47.6 Å². The summed E-state index contributed by atoms with van der Waals surface area (Å²) < 4.78 is 0. The lowest BCUT2D eigenvalue weighted by Gasteiger charge is -2.20. The molecule has 0 aliphatic rings. The highest BCUT2D eigenvalue weighted by Crippen LogP contribution is 2.20. The van der Waals surface area contributed by atoms with Crippen molar-refractivity contribution in [1.29, 1.82) is 0 Å². The molecule has 0 aliphatic carbocycles. The van der Waals surface area contributed by atoms with E-state index in [2.05, 4.69) is 5.32 Å². The number of carbonyl (C=O) groups excluding carboxylic acids is 2. The Morgan fingerprint density at radius 1 is 1.06 bits per heavy atom. The van der Waals surface area contributed by atoms with E-state index in [1.807, 2.05) is 5.32 Å². The first-order chi connectivity index (χ1) is 7.31. The summed E-state index contributed by atoms with van der Waals surface area (Å²) in [6.45, 7) is 0.593. The van der Waals surface area contributed by atoms with Gasteiger partial charge in [-0.05, 0) is 14.0 Å². The number of carboxylic acid groups (broad SMARTS) is 2. The monoisotopic (exact) mass is 264 g/mol. The summed E-state index contributed by atoms with van der Waals surface area (Å²) in [4.78, 5) is 44.2. The molecule has 0 saturated carbocycles. The molecule has 8 heteroatoms. The van der Waals surface area contributed by atoms with E-state index in [9.17, 15) is 19.2 Å². The van der Waals surface area contributed by atoms with Gasteiger partial charge in [0.05, 0.1) is 6.67 Å². The summed E-state index contributed by atoms with van der Waals surface area (Å²) in [5.41, 5.74) is -3.09. The van der Waals surface area contributed by atoms with E-state index in [1.165, 1.54) is 7.05 Å². The van der Waals surface area contributed by atoms with Crippen molar-refractivity contribution in [2.24, 2.45) is 5.41 Å². The topological polar surface area (TPSA) is 133 Å². The molecule has 0 aromatic heterocycles. The average molecular weight is 264 g/mol. The molecule has 0 heterocycles. The van der Waals surface area contributed by atoms with Gasteiger partial charge in [0.2, 0.25) is 0 Å². The molecule has 0 atom stereocenters. The van der Waals surface area contributed by atoms with Gasteiger partial charge in [0.15, 0.2) is 5.78 Å². The molecule has 18 heavy (non-hydrogen) atoms. The Labute approximate surface area is 105 Å². The number of Topliss-reactive ketones (excluding diaryl/α,β-unsaturated/α-hetero) is 1. The number of rotatable bonds is 6.